The van der Waals surface area contributed by atoms with Gasteiger partial charge in [-0.1, -0.05) is 17.7 Å². The van der Waals surface area contributed by atoms with Gasteiger partial charge in [0.15, 0.2) is 0 Å². The summed E-state index contributed by atoms with van der Waals surface area (Å²) >= 11 is 5.85. The maximum atomic E-state index is 11.3. The molecule has 0 fully saturated rings. The Hall–Kier alpha value is -2.33. The minimum Gasteiger partial charge on any atom is -0.478 e. The summed E-state index contributed by atoms with van der Waals surface area (Å²) in [5.41, 5.74) is 2.28. The van der Waals surface area contributed by atoms with Gasteiger partial charge in [0.1, 0.15) is 6.33 Å². The molecule has 19 heavy (non-hydrogen) atoms. The van der Waals surface area contributed by atoms with E-state index in [9.17, 15) is 9.90 Å². The van der Waals surface area contributed by atoms with Crippen molar-refractivity contribution in [1.29, 1.82) is 0 Å². The highest BCUT2D eigenvalue weighted by atomic mass is 35.5. The van der Waals surface area contributed by atoms with Crippen molar-refractivity contribution in [3.05, 3.63) is 59.4 Å². The lowest BCUT2D eigenvalue weighted by molar-refractivity contribution is 0.0698. The summed E-state index contributed by atoms with van der Waals surface area (Å²) in [4.78, 5) is 15.5. The second-order valence-corrected chi connectivity index (χ2v) is 4.51. The first-order valence-corrected chi connectivity index (χ1v) is 6.00. The van der Waals surface area contributed by atoms with Crippen LogP contribution >= 0.6 is 11.6 Å². The van der Waals surface area contributed by atoms with Crippen LogP contribution in [0.15, 0.2) is 48.8 Å². The average Bonchev–Trinajstić information content (AvgIpc) is 2.83. The van der Waals surface area contributed by atoms with Crippen LogP contribution in [0.5, 0.6) is 0 Å². The van der Waals surface area contributed by atoms with Crippen LogP contribution in [-0.4, -0.2) is 20.6 Å². The summed E-state index contributed by atoms with van der Waals surface area (Å²) in [5.74, 6) is -0.971. The smallest absolute Gasteiger partial charge is 0.337 e. The molecule has 5 heteroatoms. The van der Waals surface area contributed by atoms with Gasteiger partial charge in [-0.15, -0.1) is 0 Å². The number of rotatable bonds is 2. The third kappa shape index (κ3) is 1.96. The monoisotopic (exact) mass is 272 g/mol. The molecule has 0 unspecified atom stereocenters. The molecule has 0 atom stereocenters. The molecule has 0 aliphatic heterocycles. The van der Waals surface area contributed by atoms with Gasteiger partial charge >= 0.3 is 5.97 Å². The molecule has 0 spiro atoms. The fraction of sp³-hybridized carbons (Fsp3) is 0. The Morgan fingerprint density at radius 1 is 1.16 bits per heavy atom. The molecule has 0 bridgehead atoms. The van der Waals surface area contributed by atoms with Crippen molar-refractivity contribution in [3.63, 3.8) is 0 Å². The normalized spacial score (nSPS) is 10.8. The Kier molecular flexibility index (Phi) is 2.72. The van der Waals surface area contributed by atoms with E-state index in [0.717, 1.165) is 5.69 Å². The second-order valence-electron chi connectivity index (χ2n) is 4.07. The average molecular weight is 273 g/mol. The summed E-state index contributed by atoms with van der Waals surface area (Å²) in [7, 11) is 0. The summed E-state index contributed by atoms with van der Waals surface area (Å²) in [6, 6.07) is 12.2. The van der Waals surface area contributed by atoms with E-state index in [1.54, 1.807) is 41.2 Å². The highest BCUT2D eigenvalue weighted by molar-refractivity contribution is 6.30. The van der Waals surface area contributed by atoms with E-state index >= 15 is 0 Å². The topological polar surface area (TPSA) is 55.1 Å². The van der Waals surface area contributed by atoms with E-state index in [-0.39, 0.29) is 5.56 Å². The molecular weight excluding hydrogens is 264 g/mol. The van der Waals surface area contributed by atoms with Crippen LogP contribution in [-0.2, 0) is 0 Å². The zero-order valence-corrected chi connectivity index (χ0v) is 10.5. The second kappa shape index (κ2) is 4.40. The fourth-order valence-electron chi connectivity index (χ4n) is 2.04. The third-order valence-corrected chi connectivity index (χ3v) is 3.16. The van der Waals surface area contributed by atoms with Gasteiger partial charge < -0.3 is 5.11 Å². The number of aromatic nitrogens is 2. The summed E-state index contributed by atoms with van der Waals surface area (Å²) < 4.78 is 1.75. The Morgan fingerprint density at radius 3 is 2.58 bits per heavy atom. The molecule has 1 aromatic heterocycles. The summed E-state index contributed by atoms with van der Waals surface area (Å²) in [5, 5.41) is 9.89. The molecule has 94 valence electrons. The maximum Gasteiger partial charge on any atom is 0.337 e. The molecule has 3 rings (SSSR count). The van der Waals surface area contributed by atoms with E-state index in [0.29, 0.717) is 16.1 Å². The number of hydrogen-bond donors (Lipinski definition) is 1. The number of carboxylic acids is 1. The first-order chi connectivity index (χ1) is 9.16. The highest BCUT2D eigenvalue weighted by Gasteiger charge is 2.13. The van der Waals surface area contributed by atoms with Crippen molar-refractivity contribution >= 4 is 28.6 Å². The van der Waals surface area contributed by atoms with Crippen molar-refractivity contribution in [2.75, 3.05) is 0 Å². The van der Waals surface area contributed by atoms with Gasteiger partial charge in [-0.05, 0) is 36.4 Å². The van der Waals surface area contributed by atoms with Crippen LogP contribution < -0.4 is 0 Å². The number of aromatic carboxylic acids is 1. The highest BCUT2D eigenvalue weighted by Crippen LogP contribution is 2.23. The standard InChI is InChI=1S/C14H9ClN2O2/c15-9-4-6-10(7-5-9)17-8-16-12-3-1-2-11(13(12)17)14(18)19/h1-8H,(H,18,19). The number of hydrogen-bond acceptors (Lipinski definition) is 2. The molecule has 0 aliphatic carbocycles. The number of halogens is 1. The molecule has 0 radical (unpaired) electrons. The Bertz CT molecular complexity index is 763. The SMILES string of the molecule is O=C(O)c1cccc2ncn(-c3ccc(Cl)cc3)c12. The molecule has 0 saturated carbocycles. The molecule has 0 amide bonds. The first kappa shape index (κ1) is 11.7. The summed E-state index contributed by atoms with van der Waals surface area (Å²) in [6.45, 7) is 0. The van der Waals surface area contributed by atoms with Crippen molar-refractivity contribution in [3.8, 4) is 5.69 Å². The molecule has 0 saturated heterocycles. The Balaban J connectivity index is 2.30. The minimum atomic E-state index is -0.971. The van der Waals surface area contributed by atoms with Crippen LogP contribution in [0.4, 0.5) is 0 Å². The molecule has 2 aromatic carbocycles. The number of para-hydroxylation sites is 1. The molecule has 0 aliphatic rings. The predicted octanol–water partition coefficient (Wildman–Crippen LogP) is 3.38. The van der Waals surface area contributed by atoms with E-state index < -0.39 is 5.97 Å². The van der Waals surface area contributed by atoms with Gasteiger partial charge in [-0.3, -0.25) is 4.57 Å². The van der Waals surface area contributed by atoms with Crippen molar-refractivity contribution in [2.24, 2.45) is 0 Å². The molecule has 3 aromatic rings. The summed E-state index contributed by atoms with van der Waals surface area (Å²) in [6.07, 6.45) is 1.61. The molecular formula is C14H9ClN2O2. The van der Waals surface area contributed by atoms with Gasteiger partial charge in [0.2, 0.25) is 0 Å². The van der Waals surface area contributed by atoms with Gasteiger partial charge in [-0.25, -0.2) is 9.78 Å². The largest absolute Gasteiger partial charge is 0.478 e. The van der Waals surface area contributed by atoms with Crippen LogP contribution in [0.3, 0.4) is 0 Å². The first-order valence-electron chi connectivity index (χ1n) is 5.62. The maximum absolute atomic E-state index is 11.3. The van der Waals surface area contributed by atoms with Crippen molar-refractivity contribution in [2.45, 2.75) is 0 Å². The van der Waals surface area contributed by atoms with Gasteiger partial charge in [0.05, 0.1) is 16.6 Å². The van der Waals surface area contributed by atoms with E-state index in [1.165, 1.54) is 0 Å². The lowest BCUT2D eigenvalue weighted by atomic mass is 10.2. The van der Waals surface area contributed by atoms with Crippen LogP contribution in [0.1, 0.15) is 10.4 Å². The van der Waals surface area contributed by atoms with Crippen LogP contribution in [0.25, 0.3) is 16.7 Å². The number of carboxylic acid groups (broad SMARTS) is 1. The van der Waals surface area contributed by atoms with Crippen LogP contribution in [0.2, 0.25) is 5.02 Å². The van der Waals surface area contributed by atoms with E-state index in [4.69, 9.17) is 11.6 Å². The molecule has 4 nitrogen and oxygen atoms in total. The number of benzene rings is 2. The lowest BCUT2D eigenvalue weighted by Crippen LogP contribution is -2.01. The number of imidazole rings is 1. The lowest BCUT2D eigenvalue weighted by Gasteiger charge is -2.06. The van der Waals surface area contributed by atoms with Gasteiger partial charge in [-0.2, -0.15) is 0 Å². The van der Waals surface area contributed by atoms with Crippen molar-refractivity contribution < 1.29 is 9.90 Å². The van der Waals surface area contributed by atoms with E-state index in [1.807, 2.05) is 12.1 Å². The van der Waals surface area contributed by atoms with Gasteiger partial charge in [0, 0.05) is 10.7 Å². The molecule has 1 heterocycles. The zero-order valence-electron chi connectivity index (χ0n) is 9.75. The fourth-order valence-corrected chi connectivity index (χ4v) is 2.16. The van der Waals surface area contributed by atoms with E-state index in [2.05, 4.69) is 4.98 Å². The Morgan fingerprint density at radius 2 is 1.89 bits per heavy atom. The zero-order chi connectivity index (χ0) is 13.4. The number of carbonyl (C=O) groups is 1. The van der Waals surface area contributed by atoms with Crippen LogP contribution in [0, 0.1) is 0 Å². The van der Waals surface area contributed by atoms with Gasteiger partial charge in [0.25, 0.3) is 0 Å². The minimum absolute atomic E-state index is 0.227. The number of fused-ring (bicyclic) bond motifs is 1. The molecule has 1 N–H and O–H groups in total. The predicted molar refractivity (Wildman–Crippen MR) is 73.0 cm³/mol. The third-order valence-electron chi connectivity index (χ3n) is 2.90. The Labute approximate surface area is 113 Å². The quantitative estimate of drug-likeness (QED) is 0.778. The van der Waals surface area contributed by atoms with Crippen molar-refractivity contribution in [1.82, 2.24) is 9.55 Å². The number of nitrogens with zero attached hydrogens (tertiary/aromatic N) is 2.